The van der Waals surface area contributed by atoms with Crippen LogP contribution in [0.3, 0.4) is 0 Å². The third-order valence-electron chi connectivity index (χ3n) is 21.3. The van der Waals surface area contributed by atoms with Crippen LogP contribution in [0.2, 0.25) is 0 Å². The van der Waals surface area contributed by atoms with Gasteiger partial charge in [0.15, 0.2) is 0 Å². The van der Waals surface area contributed by atoms with E-state index in [1.165, 1.54) is 82.0 Å². The molecule has 478 valence electrons. The smallest absolute Gasteiger partial charge is 0.252 e. The van der Waals surface area contributed by atoms with Gasteiger partial charge in [-0.2, -0.15) is 0 Å². The fourth-order valence-electron chi connectivity index (χ4n) is 16.3. The maximum atomic E-state index is 5.94. The molecule has 3 heterocycles. The van der Waals surface area contributed by atoms with E-state index in [9.17, 15) is 0 Å². The molecule has 0 aliphatic carbocycles. The Labute approximate surface area is 599 Å². The van der Waals surface area contributed by atoms with Gasteiger partial charge in [0, 0.05) is 56.0 Å². The second-order valence-electron chi connectivity index (χ2n) is 27.4. The van der Waals surface area contributed by atoms with Gasteiger partial charge in [0.2, 0.25) is 0 Å². The van der Waals surface area contributed by atoms with Crippen LogP contribution in [0.5, 0.6) is 0 Å². The lowest BCUT2D eigenvalue weighted by Gasteiger charge is -2.45. The minimum atomic E-state index is -0.187. The molecule has 18 aromatic rings. The van der Waals surface area contributed by atoms with Gasteiger partial charge in [-0.25, -0.2) is 4.98 Å². The maximum absolute atomic E-state index is 5.94. The molecule has 0 spiro atoms. The Bertz CT molecular complexity index is 5830. The molecular formula is C99H64BN3. The van der Waals surface area contributed by atoms with E-state index in [1.54, 1.807) is 0 Å². The number of pyridine rings is 1. The molecule has 1 aromatic heterocycles. The zero-order valence-electron chi connectivity index (χ0n) is 56.4. The third-order valence-corrected chi connectivity index (χ3v) is 21.3. The SMILES string of the molecule is c1ccc(-c2ccc(N3c4cc(-c5cc(-c6cc(-c7ccccc7)cc(-c7ccccc7)c6)nc(-c6cc(-c7ccccc7)cc(-c7ccccc7)c6)c5)cc5c4B(c4ccc6cc7ccccc7cc6c43)c3ccc4cc6ccccc6cc4c3N5c3ccc(-c4ccccc4)cc3)cc2)cc1. The summed E-state index contributed by atoms with van der Waals surface area (Å²) < 4.78 is 0. The fraction of sp³-hybridized carbons (Fsp3) is 0. The van der Waals surface area contributed by atoms with E-state index < -0.39 is 0 Å². The van der Waals surface area contributed by atoms with Gasteiger partial charge < -0.3 is 9.80 Å². The van der Waals surface area contributed by atoms with E-state index >= 15 is 0 Å². The minimum Gasteiger partial charge on any atom is -0.311 e. The van der Waals surface area contributed by atoms with Gasteiger partial charge in [0.25, 0.3) is 6.71 Å². The van der Waals surface area contributed by atoms with Crippen LogP contribution in [0.25, 0.3) is 143 Å². The molecule has 2 aliphatic rings. The number of benzene rings is 17. The van der Waals surface area contributed by atoms with Gasteiger partial charge in [-0.05, 0) is 236 Å². The van der Waals surface area contributed by atoms with Gasteiger partial charge in [0.05, 0.1) is 11.4 Å². The quantitative estimate of drug-likeness (QED) is 0.0950. The highest BCUT2D eigenvalue weighted by Gasteiger charge is 2.45. The van der Waals surface area contributed by atoms with Gasteiger partial charge in [-0.15, -0.1) is 0 Å². The van der Waals surface area contributed by atoms with Crippen molar-refractivity contribution in [2.24, 2.45) is 0 Å². The Morgan fingerprint density at radius 2 is 0.466 bits per heavy atom. The molecule has 0 saturated carbocycles. The Balaban J connectivity index is 0.917. The molecule has 0 fully saturated rings. The van der Waals surface area contributed by atoms with Gasteiger partial charge >= 0.3 is 0 Å². The van der Waals surface area contributed by atoms with Gasteiger partial charge in [-0.3, -0.25) is 0 Å². The summed E-state index contributed by atoms with van der Waals surface area (Å²) in [6.45, 7) is -0.187. The third kappa shape index (κ3) is 10.6. The first-order valence-corrected chi connectivity index (χ1v) is 35.6. The second-order valence-corrected chi connectivity index (χ2v) is 27.4. The molecule has 0 radical (unpaired) electrons. The van der Waals surface area contributed by atoms with Crippen LogP contribution in [0.1, 0.15) is 0 Å². The van der Waals surface area contributed by atoms with Crippen LogP contribution in [0, 0.1) is 0 Å². The molecule has 2 aliphatic heterocycles. The van der Waals surface area contributed by atoms with Crippen molar-refractivity contribution >= 4 is 100 Å². The average Bonchev–Trinajstić information content (AvgIpc) is 0.685. The van der Waals surface area contributed by atoms with Crippen LogP contribution in [-0.2, 0) is 0 Å². The highest BCUT2D eigenvalue weighted by molar-refractivity contribution is 7.01. The minimum absolute atomic E-state index is 0.187. The number of hydrogen-bond donors (Lipinski definition) is 0. The van der Waals surface area contributed by atoms with Crippen molar-refractivity contribution in [1.82, 2.24) is 4.98 Å². The largest absolute Gasteiger partial charge is 0.311 e. The summed E-state index contributed by atoms with van der Waals surface area (Å²) in [7, 11) is 0. The molecule has 4 heteroatoms. The van der Waals surface area contributed by atoms with E-state index in [0.29, 0.717) is 0 Å². The number of nitrogens with zero attached hydrogens (tertiary/aromatic N) is 3. The normalized spacial score (nSPS) is 12.2. The highest BCUT2D eigenvalue weighted by Crippen LogP contribution is 2.51. The van der Waals surface area contributed by atoms with E-state index in [-0.39, 0.29) is 6.71 Å². The van der Waals surface area contributed by atoms with Crippen molar-refractivity contribution in [1.29, 1.82) is 0 Å². The number of anilines is 6. The van der Waals surface area contributed by atoms with Crippen molar-refractivity contribution < 1.29 is 0 Å². The Morgan fingerprint density at radius 1 is 0.194 bits per heavy atom. The summed E-state index contributed by atoms with van der Waals surface area (Å²) in [6.07, 6.45) is 0. The summed E-state index contributed by atoms with van der Waals surface area (Å²) >= 11 is 0. The summed E-state index contributed by atoms with van der Waals surface area (Å²) in [5, 5.41) is 9.59. The van der Waals surface area contributed by atoms with E-state index in [0.717, 1.165) is 112 Å². The van der Waals surface area contributed by atoms with E-state index in [4.69, 9.17) is 4.98 Å². The zero-order valence-corrected chi connectivity index (χ0v) is 56.4. The molecule has 0 atom stereocenters. The summed E-state index contributed by atoms with van der Waals surface area (Å²) in [5.74, 6) is 0. The van der Waals surface area contributed by atoms with E-state index in [2.05, 4.69) is 398 Å². The monoisotopic (exact) mass is 1310 g/mol. The maximum Gasteiger partial charge on any atom is 0.252 e. The predicted molar refractivity (Wildman–Crippen MR) is 437 cm³/mol. The molecule has 0 amide bonds. The zero-order chi connectivity index (χ0) is 67.9. The van der Waals surface area contributed by atoms with Gasteiger partial charge in [-0.1, -0.05) is 279 Å². The molecule has 17 aromatic carbocycles. The molecule has 0 unspecified atom stereocenters. The summed E-state index contributed by atoms with van der Waals surface area (Å²) in [5.41, 5.74) is 30.0. The van der Waals surface area contributed by atoms with Crippen molar-refractivity contribution in [3.63, 3.8) is 0 Å². The van der Waals surface area contributed by atoms with Gasteiger partial charge in [0.1, 0.15) is 0 Å². The first kappa shape index (κ1) is 59.6. The number of fused-ring (bicyclic) bond motifs is 10. The fourth-order valence-corrected chi connectivity index (χ4v) is 16.3. The van der Waals surface area contributed by atoms with E-state index in [1.807, 2.05) is 0 Å². The van der Waals surface area contributed by atoms with Crippen LogP contribution in [0.4, 0.5) is 34.1 Å². The number of rotatable bonds is 11. The standard InChI is InChI=1S/C99H64BN3/c1-7-23-65(24-8-1)71-39-45-87(46-40-71)102-95-63-84(83-61-93(85-55-79(67-27-11-3-12-28-67)53-80(56-85)68-29-13-4-14-30-68)101-94(62-83)86-57-81(69-31-15-5-16-32-69)54-82(58-86)70-33-17-6-18-34-70)64-96-97(95)100(91-49-43-77-51-73-35-19-21-37-75(73)59-89(77)98(91)102)92-50-44-78-52-74-36-20-22-38-76(74)60-90(78)99(92)103(96)88-47-41-72(42-48-88)66-25-9-2-10-26-66/h1-64H. The first-order chi connectivity index (χ1) is 51.0. The number of aromatic nitrogens is 1. The highest BCUT2D eigenvalue weighted by atomic mass is 15.2. The molecule has 0 bridgehead atoms. The summed E-state index contributed by atoms with van der Waals surface area (Å²) in [4.78, 5) is 11.2. The first-order valence-electron chi connectivity index (χ1n) is 35.6. The Morgan fingerprint density at radius 3 is 0.806 bits per heavy atom. The second kappa shape index (κ2) is 24.8. The molecule has 3 nitrogen and oxygen atoms in total. The predicted octanol–water partition coefficient (Wildman–Crippen LogP) is 24.8. The Hall–Kier alpha value is -13.4. The topological polar surface area (TPSA) is 19.4 Å². The molecule has 0 saturated heterocycles. The molecule has 20 rings (SSSR count). The Kier molecular flexibility index (Phi) is 14.4. The van der Waals surface area contributed by atoms with Crippen LogP contribution in [0.15, 0.2) is 388 Å². The van der Waals surface area contributed by atoms with Crippen molar-refractivity contribution in [3.05, 3.63) is 388 Å². The molecular weight excluding hydrogens is 1240 g/mol. The van der Waals surface area contributed by atoms with Crippen molar-refractivity contribution in [2.45, 2.75) is 0 Å². The molecule has 0 N–H and O–H groups in total. The van der Waals surface area contributed by atoms with Crippen molar-refractivity contribution in [2.75, 3.05) is 9.80 Å². The van der Waals surface area contributed by atoms with Crippen LogP contribution >= 0.6 is 0 Å². The lowest BCUT2D eigenvalue weighted by molar-refractivity contribution is 1.26. The number of hydrogen-bond acceptors (Lipinski definition) is 3. The molecule has 103 heavy (non-hydrogen) atoms. The lowest BCUT2D eigenvalue weighted by atomic mass is 9.33. The van der Waals surface area contributed by atoms with Crippen molar-refractivity contribution in [3.8, 4) is 100 Å². The summed E-state index contributed by atoms with van der Waals surface area (Å²) in [6, 6.07) is 144. The van der Waals surface area contributed by atoms with Crippen LogP contribution in [-0.4, -0.2) is 11.7 Å². The lowest BCUT2D eigenvalue weighted by Crippen LogP contribution is -2.61. The average molecular weight is 1310 g/mol. The van der Waals surface area contributed by atoms with Crippen LogP contribution < -0.4 is 26.2 Å².